The normalized spacial score (nSPS) is 11.0. The molecule has 0 spiro atoms. The van der Waals surface area contributed by atoms with E-state index in [2.05, 4.69) is 10.5 Å². The molecule has 34 heavy (non-hydrogen) atoms. The number of amides is 1. The number of oxime groups is 1. The van der Waals surface area contributed by atoms with E-state index in [1.54, 1.807) is 31.4 Å². The molecule has 0 aliphatic heterocycles. The van der Waals surface area contributed by atoms with Gasteiger partial charge < -0.3 is 24.4 Å². The van der Waals surface area contributed by atoms with Gasteiger partial charge in [0.25, 0.3) is 5.91 Å². The lowest BCUT2D eigenvalue weighted by Crippen LogP contribution is -2.29. The predicted octanol–water partition coefficient (Wildman–Crippen LogP) is 5.26. The van der Waals surface area contributed by atoms with Crippen molar-refractivity contribution in [2.24, 2.45) is 5.16 Å². The van der Waals surface area contributed by atoms with Crippen LogP contribution in [0.2, 0.25) is 10.0 Å². The first-order chi connectivity index (χ1) is 16.5. The zero-order chi connectivity index (χ0) is 24.5. The number of methoxy groups -OCH3 is 1. The second-order valence-corrected chi connectivity index (χ2v) is 7.81. The van der Waals surface area contributed by atoms with E-state index in [4.69, 9.17) is 42.3 Å². The number of nitrogens with zero attached hydrogens (tertiary/aromatic N) is 1. The Hall–Kier alpha value is -3.42. The first-order valence-corrected chi connectivity index (χ1v) is 11.0. The molecule has 9 heteroatoms. The monoisotopic (exact) mass is 502 g/mol. The number of benzene rings is 3. The topological polar surface area (TPSA) is 78.4 Å². The number of ether oxygens (including phenoxy) is 3. The lowest BCUT2D eigenvalue weighted by molar-refractivity contribution is -0.114. The summed E-state index contributed by atoms with van der Waals surface area (Å²) in [6, 6.07) is 18.0. The van der Waals surface area contributed by atoms with Crippen molar-refractivity contribution in [3.05, 3.63) is 87.4 Å². The summed E-state index contributed by atoms with van der Waals surface area (Å²) in [5.74, 6) is 1.20. The van der Waals surface area contributed by atoms with Gasteiger partial charge in [-0.15, -0.1) is 0 Å². The first-order valence-electron chi connectivity index (χ1n) is 10.3. The number of likely N-dealkylation sites (N-methyl/N-ethyl adjacent to an activating group) is 1. The number of nitrogens with one attached hydrogen (secondary N) is 1. The number of carbonyl (C=O) groups is 1. The second kappa shape index (κ2) is 12.2. The third-order valence-corrected chi connectivity index (χ3v) is 5.37. The van der Waals surface area contributed by atoms with Crippen LogP contribution in [-0.2, 0) is 22.8 Å². The van der Waals surface area contributed by atoms with Crippen LogP contribution in [0.15, 0.2) is 65.8 Å². The summed E-state index contributed by atoms with van der Waals surface area (Å²) in [7, 11) is 4.51. The van der Waals surface area contributed by atoms with Crippen molar-refractivity contribution >= 4 is 34.8 Å². The highest BCUT2D eigenvalue weighted by Crippen LogP contribution is 2.37. The van der Waals surface area contributed by atoms with Crippen molar-refractivity contribution in [1.29, 1.82) is 0 Å². The maximum atomic E-state index is 12.2. The fourth-order valence-corrected chi connectivity index (χ4v) is 3.67. The number of hydrogen-bond acceptors (Lipinski definition) is 6. The van der Waals surface area contributed by atoms with Crippen LogP contribution in [-0.4, -0.2) is 32.9 Å². The van der Waals surface area contributed by atoms with Crippen molar-refractivity contribution in [1.82, 2.24) is 5.32 Å². The van der Waals surface area contributed by atoms with Crippen molar-refractivity contribution < 1.29 is 23.8 Å². The minimum absolute atomic E-state index is 0.141. The quantitative estimate of drug-likeness (QED) is 0.302. The molecular formula is C25H24Cl2N2O5. The standard InChI is InChI=1S/C25H24Cl2N2O5/c1-28-25(30)23(29-32-3)20-7-5-4-6-17(20)15-33-19-12-21(26)24(22(27)13-19)34-14-16-8-10-18(31-2)11-9-16/h4-13H,14-15H2,1-3H3,(H,28,30). The molecule has 1 amide bonds. The molecule has 0 saturated carbocycles. The van der Waals surface area contributed by atoms with Gasteiger partial charge in [0.2, 0.25) is 0 Å². The molecule has 0 heterocycles. The lowest BCUT2D eigenvalue weighted by atomic mass is 10.0. The summed E-state index contributed by atoms with van der Waals surface area (Å²) in [5.41, 5.74) is 2.39. The van der Waals surface area contributed by atoms with Gasteiger partial charge in [0, 0.05) is 24.7 Å². The van der Waals surface area contributed by atoms with Gasteiger partial charge in [-0.25, -0.2) is 0 Å². The van der Waals surface area contributed by atoms with E-state index in [0.717, 1.165) is 16.9 Å². The Balaban J connectivity index is 1.73. The molecule has 0 bridgehead atoms. The van der Waals surface area contributed by atoms with Crippen LogP contribution in [0, 0.1) is 0 Å². The molecule has 3 aromatic rings. The van der Waals surface area contributed by atoms with Gasteiger partial charge in [0.05, 0.1) is 17.2 Å². The Kier molecular flexibility index (Phi) is 9.01. The molecule has 0 aliphatic rings. The van der Waals surface area contributed by atoms with Crippen LogP contribution in [0.4, 0.5) is 0 Å². The number of carbonyl (C=O) groups excluding carboxylic acids is 1. The highest BCUT2D eigenvalue weighted by molar-refractivity contribution is 6.45. The van der Waals surface area contributed by atoms with E-state index in [9.17, 15) is 4.79 Å². The zero-order valence-electron chi connectivity index (χ0n) is 18.9. The Morgan fingerprint density at radius 3 is 2.21 bits per heavy atom. The summed E-state index contributed by atoms with van der Waals surface area (Å²) in [5, 5.41) is 7.05. The summed E-state index contributed by atoms with van der Waals surface area (Å²) in [6.07, 6.45) is 0. The van der Waals surface area contributed by atoms with Gasteiger partial charge in [-0.3, -0.25) is 4.79 Å². The predicted molar refractivity (Wildman–Crippen MR) is 132 cm³/mol. The molecule has 0 saturated heterocycles. The number of hydrogen-bond donors (Lipinski definition) is 1. The minimum Gasteiger partial charge on any atom is -0.497 e. The lowest BCUT2D eigenvalue weighted by Gasteiger charge is -2.14. The fourth-order valence-electron chi connectivity index (χ4n) is 3.10. The Labute approximate surface area is 208 Å². The maximum Gasteiger partial charge on any atom is 0.273 e. The van der Waals surface area contributed by atoms with E-state index in [1.807, 2.05) is 36.4 Å². The van der Waals surface area contributed by atoms with Gasteiger partial charge in [-0.1, -0.05) is 64.8 Å². The van der Waals surface area contributed by atoms with Crippen LogP contribution < -0.4 is 19.5 Å². The average molecular weight is 503 g/mol. The van der Waals surface area contributed by atoms with Gasteiger partial charge >= 0.3 is 0 Å². The SMILES string of the molecule is CNC(=O)C(=NOC)c1ccccc1COc1cc(Cl)c(OCc2ccc(OC)cc2)c(Cl)c1. The summed E-state index contributed by atoms with van der Waals surface area (Å²) in [6.45, 7) is 0.437. The van der Waals surface area contributed by atoms with Crippen molar-refractivity contribution in [3.8, 4) is 17.2 Å². The molecule has 0 aliphatic carbocycles. The largest absolute Gasteiger partial charge is 0.497 e. The highest BCUT2D eigenvalue weighted by Gasteiger charge is 2.18. The molecule has 178 valence electrons. The molecule has 3 rings (SSSR count). The summed E-state index contributed by atoms with van der Waals surface area (Å²) in [4.78, 5) is 17.1. The molecule has 3 aromatic carbocycles. The zero-order valence-corrected chi connectivity index (χ0v) is 20.4. The van der Waals surface area contributed by atoms with Crippen molar-refractivity contribution in [3.63, 3.8) is 0 Å². The van der Waals surface area contributed by atoms with Crippen molar-refractivity contribution in [2.45, 2.75) is 13.2 Å². The van der Waals surface area contributed by atoms with Gasteiger partial charge in [-0.2, -0.15) is 0 Å². The van der Waals surface area contributed by atoms with E-state index in [0.29, 0.717) is 27.1 Å². The minimum atomic E-state index is -0.376. The molecule has 7 nitrogen and oxygen atoms in total. The maximum absolute atomic E-state index is 12.2. The summed E-state index contributed by atoms with van der Waals surface area (Å²) >= 11 is 12.8. The van der Waals surface area contributed by atoms with Crippen LogP contribution in [0.1, 0.15) is 16.7 Å². The van der Waals surface area contributed by atoms with Gasteiger partial charge in [0.1, 0.15) is 31.8 Å². The Bertz CT molecular complexity index is 1140. The number of rotatable bonds is 10. The van der Waals surface area contributed by atoms with E-state index in [1.165, 1.54) is 14.2 Å². The second-order valence-electron chi connectivity index (χ2n) is 7.00. The summed E-state index contributed by atoms with van der Waals surface area (Å²) < 4.78 is 16.9. The van der Waals surface area contributed by atoms with Crippen LogP contribution in [0.5, 0.6) is 17.2 Å². The Morgan fingerprint density at radius 2 is 1.59 bits per heavy atom. The number of halogens is 2. The smallest absolute Gasteiger partial charge is 0.273 e. The van der Waals surface area contributed by atoms with E-state index >= 15 is 0 Å². The molecule has 0 unspecified atom stereocenters. The van der Waals surface area contributed by atoms with E-state index in [-0.39, 0.29) is 24.8 Å². The van der Waals surface area contributed by atoms with Crippen LogP contribution in [0.25, 0.3) is 0 Å². The molecule has 0 aromatic heterocycles. The first kappa shape index (κ1) is 25.2. The third kappa shape index (κ3) is 6.34. The van der Waals surface area contributed by atoms with Crippen LogP contribution in [0.3, 0.4) is 0 Å². The average Bonchev–Trinajstić information content (AvgIpc) is 2.85. The van der Waals surface area contributed by atoms with E-state index < -0.39 is 0 Å². The van der Waals surface area contributed by atoms with Gasteiger partial charge in [0.15, 0.2) is 11.5 Å². The Morgan fingerprint density at radius 1 is 0.912 bits per heavy atom. The van der Waals surface area contributed by atoms with Crippen LogP contribution >= 0.6 is 23.2 Å². The highest BCUT2D eigenvalue weighted by atomic mass is 35.5. The molecule has 0 fully saturated rings. The molecule has 0 radical (unpaired) electrons. The molecule has 1 N–H and O–H groups in total. The third-order valence-electron chi connectivity index (χ3n) is 4.81. The van der Waals surface area contributed by atoms with Crippen molar-refractivity contribution in [2.75, 3.05) is 21.3 Å². The molecule has 0 atom stereocenters. The molecular weight excluding hydrogens is 479 g/mol. The fraction of sp³-hybridized carbons (Fsp3) is 0.200. The van der Waals surface area contributed by atoms with Gasteiger partial charge in [-0.05, 0) is 23.3 Å².